The van der Waals surface area contributed by atoms with Crippen LogP contribution in [-0.2, 0) is 4.79 Å². The number of aromatic nitrogens is 3. The molecule has 0 radical (unpaired) electrons. The van der Waals surface area contributed by atoms with Gasteiger partial charge in [0.2, 0.25) is 11.9 Å². The number of hydrogen-bond donors (Lipinski definition) is 2. The van der Waals surface area contributed by atoms with Crippen LogP contribution < -0.4 is 5.32 Å². The van der Waals surface area contributed by atoms with Crippen molar-refractivity contribution in [2.75, 3.05) is 25.5 Å². The number of nitrogens with one attached hydrogen (secondary N) is 2. The van der Waals surface area contributed by atoms with Crippen LogP contribution in [0, 0.1) is 11.9 Å². The molecule has 0 saturated carbocycles. The summed E-state index contributed by atoms with van der Waals surface area (Å²) in [7, 11) is 2.06. The number of aromatic amines is 1. The Labute approximate surface area is 174 Å². The molecule has 0 aliphatic carbocycles. The fraction of sp³-hybridized carbons (Fsp3) is 0.316. The lowest BCUT2D eigenvalue weighted by Crippen LogP contribution is -2.36. The maximum atomic E-state index is 14.0. The normalized spacial score (nSPS) is 14.9. The highest BCUT2D eigenvalue weighted by atomic mass is 35.5. The number of benzene rings is 1. The highest BCUT2D eigenvalue weighted by Gasteiger charge is 2.24. The molecule has 3 heterocycles. The van der Waals surface area contributed by atoms with Crippen LogP contribution in [0.4, 0.5) is 10.2 Å². The number of nitrogens with zero attached hydrogens (tertiary/aromatic N) is 3. The number of fused-ring (bicyclic) bond motifs is 1. The SMILES string of the molecule is CN1CCC(C(=O)Nc2n[nH]c3ccc(-c4cccnc4F)cc23)CC1.Cl.Cl. The first-order valence-corrected chi connectivity index (χ1v) is 8.70. The molecule has 1 aromatic carbocycles. The van der Waals surface area contributed by atoms with Crippen molar-refractivity contribution in [3.63, 3.8) is 0 Å². The van der Waals surface area contributed by atoms with Gasteiger partial charge in [-0.2, -0.15) is 9.49 Å². The van der Waals surface area contributed by atoms with Crippen LogP contribution in [0.2, 0.25) is 0 Å². The number of rotatable bonds is 3. The minimum atomic E-state index is -0.521. The molecule has 6 nitrogen and oxygen atoms in total. The van der Waals surface area contributed by atoms with Crippen LogP contribution in [0.5, 0.6) is 0 Å². The van der Waals surface area contributed by atoms with E-state index in [2.05, 4.69) is 32.4 Å². The molecule has 150 valence electrons. The summed E-state index contributed by atoms with van der Waals surface area (Å²) in [6, 6.07) is 8.84. The molecule has 0 unspecified atom stereocenters. The van der Waals surface area contributed by atoms with Gasteiger partial charge >= 0.3 is 0 Å². The molecule has 4 rings (SSSR count). The van der Waals surface area contributed by atoms with Gasteiger partial charge in [-0.15, -0.1) is 24.8 Å². The molecule has 0 atom stereocenters. The summed E-state index contributed by atoms with van der Waals surface area (Å²) in [6.07, 6.45) is 3.11. The van der Waals surface area contributed by atoms with Gasteiger partial charge in [0, 0.05) is 23.1 Å². The Bertz CT molecular complexity index is 956. The number of carbonyl (C=O) groups excluding carboxylic acids is 1. The quantitative estimate of drug-likeness (QED) is 0.624. The third-order valence-corrected chi connectivity index (χ3v) is 4.96. The lowest BCUT2D eigenvalue weighted by Gasteiger charge is -2.27. The van der Waals surface area contributed by atoms with E-state index in [1.165, 1.54) is 6.20 Å². The molecule has 3 aromatic rings. The van der Waals surface area contributed by atoms with Crippen molar-refractivity contribution in [1.29, 1.82) is 0 Å². The van der Waals surface area contributed by atoms with Gasteiger partial charge < -0.3 is 10.2 Å². The van der Waals surface area contributed by atoms with Gasteiger partial charge in [-0.25, -0.2) is 4.98 Å². The Balaban J connectivity index is 0.00000140. The number of hydrogen-bond acceptors (Lipinski definition) is 4. The minimum Gasteiger partial charge on any atom is -0.308 e. The summed E-state index contributed by atoms with van der Waals surface area (Å²) in [6.45, 7) is 1.84. The zero-order chi connectivity index (χ0) is 18.1. The molecule has 2 N–H and O–H groups in total. The predicted molar refractivity (Wildman–Crippen MR) is 113 cm³/mol. The Morgan fingerprint density at radius 3 is 2.71 bits per heavy atom. The number of halogens is 3. The van der Waals surface area contributed by atoms with E-state index in [1.54, 1.807) is 12.1 Å². The van der Waals surface area contributed by atoms with Gasteiger partial charge in [-0.05, 0) is 62.8 Å². The third kappa shape index (κ3) is 4.43. The third-order valence-electron chi connectivity index (χ3n) is 4.96. The molecule has 1 fully saturated rings. The molecule has 1 saturated heterocycles. The van der Waals surface area contributed by atoms with Crippen molar-refractivity contribution in [3.8, 4) is 11.1 Å². The number of piperidine rings is 1. The second-order valence-electron chi connectivity index (χ2n) is 6.74. The maximum Gasteiger partial charge on any atom is 0.228 e. The zero-order valence-corrected chi connectivity index (χ0v) is 16.9. The van der Waals surface area contributed by atoms with E-state index in [9.17, 15) is 9.18 Å². The summed E-state index contributed by atoms with van der Waals surface area (Å²) in [4.78, 5) is 18.5. The second kappa shape index (κ2) is 9.32. The number of H-pyrrole nitrogens is 1. The largest absolute Gasteiger partial charge is 0.308 e. The first-order valence-electron chi connectivity index (χ1n) is 8.70. The summed E-state index contributed by atoms with van der Waals surface area (Å²) in [5.41, 5.74) is 1.90. The molecular formula is C19H22Cl2FN5O. The second-order valence-corrected chi connectivity index (χ2v) is 6.74. The highest BCUT2D eigenvalue weighted by Crippen LogP contribution is 2.29. The van der Waals surface area contributed by atoms with Gasteiger partial charge in [-0.1, -0.05) is 6.07 Å². The topological polar surface area (TPSA) is 73.9 Å². The molecule has 2 aromatic heterocycles. The fourth-order valence-corrected chi connectivity index (χ4v) is 3.37. The monoisotopic (exact) mass is 425 g/mol. The minimum absolute atomic E-state index is 0. The smallest absolute Gasteiger partial charge is 0.228 e. The number of carbonyl (C=O) groups is 1. The molecule has 1 aliphatic rings. The number of amides is 1. The van der Waals surface area contributed by atoms with Gasteiger partial charge in [-0.3, -0.25) is 9.89 Å². The van der Waals surface area contributed by atoms with Crippen LogP contribution in [0.25, 0.3) is 22.0 Å². The molecule has 0 bridgehead atoms. The molecule has 1 aliphatic heterocycles. The first-order chi connectivity index (χ1) is 12.6. The Hall–Kier alpha value is -2.22. The van der Waals surface area contributed by atoms with Crippen LogP contribution in [-0.4, -0.2) is 46.1 Å². The summed E-state index contributed by atoms with van der Waals surface area (Å²) in [5, 5.41) is 10.8. The number of pyridine rings is 1. The van der Waals surface area contributed by atoms with Gasteiger partial charge in [0.1, 0.15) is 0 Å². The first kappa shape index (κ1) is 22.1. The fourth-order valence-electron chi connectivity index (χ4n) is 3.37. The molecule has 28 heavy (non-hydrogen) atoms. The van der Waals surface area contributed by atoms with Crippen LogP contribution in [0.15, 0.2) is 36.5 Å². The van der Waals surface area contributed by atoms with E-state index >= 15 is 0 Å². The van der Waals surface area contributed by atoms with E-state index in [4.69, 9.17) is 0 Å². The van der Waals surface area contributed by atoms with Crippen LogP contribution in [0.1, 0.15) is 12.8 Å². The summed E-state index contributed by atoms with van der Waals surface area (Å²) in [5.74, 6) is -0.0521. The van der Waals surface area contributed by atoms with E-state index in [0.29, 0.717) is 16.9 Å². The van der Waals surface area contributed by atoms with Crippen molar-refractivity contribution in [2.24, 2.45) is 5.92 Å². The Morgan fingerprint density at radius 2 is 2.00 bits per heavy atom. The molecule has 0 spiro atoms. The van der Waals surface area contributed by atoms with Crippen molar-refractivity contribution >= 4 is 47.4 Å². The molecule has 1 amide bonds. The standard InChI is InChI=1S/C19H20FN5O.2ClH/c1-25-9-6-12(7-10-25)19(26)22-18-15-11-13(4-5-16(15)23-24-18)14-3-2-8-21-17(14)20;;/h2-5,8,11-12H,6-7,9-10H2,1H3,(H2,22,23,24,26);2*1H. The van der Waals surface area contributed by atoms with Crippen molar-refractivity contribution in [1.82, 2.24) is 20.1 Å². The Morgan fingerprint density at radius 1 is 1.25 bits per heavy atom. The maximum absolute atomic E-state index is 14.0. The van der Waals surface area contributed by atoms with Gasteiger partial charge in [0.15, 0.2) is 5.82 Å². The predicted octanol–water partition coefficient (Wildman–Crippen LogP) is 3.89. The van der Waals surface area contributed by atoms with Crippen molar-refractivity contribution in [3.05, 3.63) is 42.5 Å². The van der Waals surface area contributed by atoms with E-state index in [0.717, 1.165) is 36.8 Å². The summed E-state index contributed by atoms with van der Waals surface area (Å²) < 4.78 is 14.0. The number of likely N-dealkylation sites (tertiary alicyclic amines) is 1. The van der Waals surface area contributed by atoms with E-state index in [-0.39, 0.29) is 36.6 Å². The molecule has 9 heteroatoms. The van der Waals surface area contributed by atoms with E-state index < -0.39 is 5.95 Å². The van der Waals surface area contributed by atoms with E-state index in [1.807, 2.05) is 18.2 Å². The number of anilines is 1. The lowest BCUT2D eigenvalue weighted by molar-refractivity contribution is -0.121. The van der Waals surface area contributed by atoms with Crippen molar-refractivity contribution < 1.29 is 9.18 Å². The molecular weight excluding hydrogens is 404 g/mol. The Kier molecular flexibility index (Phi) is 7.35. The van der Waals surface area contributed by atoms with Crippen LogP contribution >= 0.6 is 24.8 Å². The zero-order valence-electron chi connectivity index (χ0n) is 15.3. The highest BCUT2D eigenvalue weighted by molar-refractivity contribution is 6.01. The summed E-state index contributed by atoms with van der Waals surface area (Å²) >= 11 is 0. The van der Waals surface area contributed by atoms with Crippen molar-refractivity contribution in [2.45, 2.75) is 12.8 Å². The van der Waals surface area contributed by atoms with Crippen LogP contribution in [0.3, 0.4) is 0 Å². The average Bonchev–Trinajstić information content (AvgIpc) is 3.05. The average molecular weight is 426 g/mol. The van der Waals surface area contributed by atoms with Gasteiger partial charge in [0.25, 0.3) is 0 Å². The van der Waals surface area contributed by atoms with Gasteiger partial charge in [0.05, 0.1) is 5.52 Å². The lowest BCUT2D eigenvalue weighted by atomic mass is 9.96.